The van der Waals surface area contributed by atoms with Crippen molar-refractivity contribution in [3.8, 4) is 0 Å². The van der Waals surface area contributed by atoms with Crippen LogP contribution in [0.25, 0.3) is 0 Å². The molecular weight excluding hydrogens is 398 g/mol. The molecule has 1 N–H and O–H groups in total. The maximum atomic E-state index is 12.4. The number of anilines is 2. The zero-order valence-corrected chi connectivity index (χ0v) is 18.8. The van der Waals surface area contributed by atoms with Gasteiger partial charge >= 0.3 is 12.1 Å². The number of aromatic nitrogens is 3. The lowest BCUT2D eigenvalue weighted by molar-refractivity contribution is 0.0255. The number of carbonyl (C=O) groups excluding carboxylic acids is 2. The van der Waals surface area contributed by atoms with Gasteiger partial charge in [-0.3, -0.25) is 9.67 Å². The lowest BCUT2D eigenvalue weighted by atomic mass is 10.1. The van der Waals surface area contributed by atoms with E-state index in [9.17, 15) is 9.59 Å². The lowest BCUT2D eigenvalue weighted by Crippen LogP contribution is -2.37. The third kappa shape index (κ3) is 5.53. The van der Waals surface area contributed by atoms with Crippen LogP contribution in [0.3, 0.4) is 0 Å². The first-order chi connectivity index (χ1) is 14.7. The first-order valence-electron chi connectivity index (χ1n) is 10.5. The molecule has 0 aliphatic carbocycles. The fraction of sp³-hybridized carbons (Fsp3) is 0.545. The van der Waals surface area contributed by atoms with Gasteiger partial charge in [0.2, 0.25) is 0 Å². The molecule has 1 fully saturated rings. The van der Waals surface area contributed by atoms with Gasteiger partial charge in [0.05, 0.1) is 48.2 Å². The van der Waals surface area contributed by atoms with Gasteiger partial charge in [-0.2, -0.15) is 5.10 Å². The van der Waals surface area contributed by atoms with Crippen LogP contribution in [-0.2, 0) is 9.47 Å². The Bertz CT molecular complexity index is 934. The van der Waals surface area contributed by atoms with E-state index in [2.05, 4.69) is 15.4 Å². The van der Waals surface area contributed by atoms with Crippen LogP contribution in [0.2, 0.25) is 0 Å². The zero-order valence-electron chi connectivity index (χ0n) is 18.8. The molecule has 1 atom stereocenters. The number of esters is 1. The van der Waals surface area contributed by atoms with E-state index in [1.165, 1.54) is 7.11 Å². The monoisotopic (exact) mass is 429 g/mol. The quantitative estimate of drug-likeness (QED) is 0.731. The van der Waals surface area contributed by atoms with Crippen LogP contribution in [0.4, 0.5) is 16.2 Å². The maximum Gasteiger partial charge on any atom is 0.410 e. The Morgan fingerprint density at radius 1 is 1.16 bits per heavy atom. The highest BCUT2D eigenvalue weighted by atomic mass is 16.6. The van der Waals surface area contributed by atoms with Gasteiger partial charge in [0.1, 0.15) is 5.60 Å². The Labute approximate surface area is 182 Å². The van der Waals surface area contributed by atoms with Gasteiger partial charge < -0.3 is 19.7 Å². The highest BCUT2D eigenvalue weighted by Crippen LogP contribution is 2.29. The molecule has 3 heterocycles. The number of nitrogens with one attached hydrogen (secondary N) is 1. The van der Waals surface area contributed by atoms with E-state index < -0.39 is 11.6 Å². The second-order valence-corrected chi connectivity index (χ2v) is 8.68. The summed E-state index contributed by atoms with van der Waals surface area (Å²) in [5.41, 5.74) is 2.22. The number of ether oxygens (including phenoxy) is 2. The highest BCUT2D eigenvalue weighted by molar-refractivity contribution is 5.96. The molecule has 2 aromatic heterocycles. The molecule has 0 aromatic carbocycles. The van der Waals surface area contributed by atoms with E-state index in [1.807, 2.05) is 32.4 Å². The van der Waals surface area contributed by atoms with Crippen molar-refractivity contribution in [3.63, 3.8) is 0 Å². The van der Waals surface area contributed by atoms with Crippen molar-refractivity contribution in [1.82, 2.24) is 19.7 Å². The van der Waals surface area contributed by atoms with Gasteiger partial charge in [-0.25, -0.2) is 9.59 Å². The average molecular weight is 430 g/mol. The largest absolute Gasteiger partial charge is 0.465 e. The van der Waals surface area contributed by atoms with Crippen LogP contribution in [-0.4, -0.2) is 57.5 Å². The molecule has 1 aliphatic rings. The van der Waals surface area contributed by atoms with Crippen LogP contribution < -0.4 is 5.32 Å². The SMILES string of the molecule is COC(=O)c1ccncc1Nc1cnn(C2CCCN(C(=O)OC(C)(C)C)CC2)c1C. The standard InChI is InChI=1S/C22H31N5O4/c1-15-18(25-19-13-23-10-8-17(19)20(28)30-5)14-24-27(15)16-7-6-11-26(12-9-16)21(29)31-22(2,3)4/h8,10,13-14,16,25H,6-7,9,11-12H2,1-5H3. The van der Waals surface area contributed by atoms with Crippen LogP contribution in [0.15, 0.2) is 24.7 Å². The molecule has 0 saturated carbocycles. The van der Waals surface area contributed by atoms with E-state index in [-0.39, 0.29) is 12.1 Å². The minimum absolute atomic E-state index is 0.178. The van der Waals surface area contributed by atoms with Crippen LogP contribution in [0.5, 0.6) is 0 Å². The summed E-state index contributed by atoms with van der Waals surface area (Å²) >= 11 is 0. The van der Waals surface area contributed by atoms with Crippen molar-refractivity contribution < 1.29 is 19.1 Å². The molecule has 2 aromatic rings. The van der Waals surface area contributed by atoms with E-state index in [4.69, 9.17) is 9.47 Å². The average Bonchev–Trinajstić information content (AvgIpc) is 2.92. The summed E-state index contributed by atoms with van der Waals surface area (Å²) in [4.78, 5) is 30.3. The Morgan fingerprint density at radius 2 is 1.94 bits per heavy atom. The summed E-state index contributed by atoms with van der Waals surface area (Å²) in [6.45, 7) is 8.91. The molecule has 0 radical (unpaired) electrons. The summed E-state index contributed by atoms with van der Waals surface area (Å²) in [6, 6.07) is 1.79. The van der Waals surface area contributed by atoms with E-state index in [0.717, 1.165) is 30.6 Å². The fourth-order valence-corrected chi connectivity index (χ4v) is 3.67. The molecule has 9 heteroatoms. The molecule has 31 heavy (non-hydrogen) atoms. The summed E-state index contributed by atoms with van der Waals surface area (Å²) in [6.07, 6.45) is 7.22. The number of carbonyl (C=O) groups is 2. The zero-order chi connectivity index (χ0) is 22.6. The first-order valence-corrected chi connectivity index (χ1v) is 10.5. The Hall–Kier alpha value is -3.10. The smallest absolute Gasteiger partial charge is 0.410 e. The van der Waals surface area contributed by atoms with Crippen molar-refractivity contribution in [2.75, 3.05) is 25.5 Å². The van der Waals surface area contributed by atoms with Crippen molar-refractivity contribution >= 4 is 23.4 Å². The van der Waals surface area contributed by atoms with Gasteiger partial charge in [-0.15, -0.1) is 0 Å². The second kappa shape index (κ2) is 9.36. The second-order valence-electron chi connectivity index (χ2n) is 8.68. The molecule has 3 rings (SSSR count). The number of rotatable bonds is 4. The van der Waals surface area contributed by atoms with Gasteiger partial charge in [0.25, 0.3) is 0 Å². The number of hydrogen-bond acceptors (Lipinski definition) is 7. The third-order valence-corrected chi connectivity index (χ3v) is 5.24. The van der Waals surface area contributed by atoms with E-state index >= 15 is 0 Å². The molecule has 0 bridgehead atoms. The fourth-order valence-electron chi connectivity index (χ4n) is 3.67. The molecule has 9 nitrogen and oxygen atoms in total. The number of likely N-dealkylation sites (tertiary alicyclic amines) is 1. The minimum Gasteiger partial charge on any atom is -0.465 e. The minimum atomic E-state index is -0.503. The van der Waals surface area contributed by atoms with Crippen molar-refractivity contribution in [3.05, 3.63) is 35.9 Å². The summed E-state index contributed by atoms with van der Waals surface area (Å²) in [5, 5.41) is 7.84. The summed E-state index contributed by atoms with van der Waals surface area (Å²) in [5.74, 6) is -0.430. The molecule has 1 amide bonds. The lowest BCUT2D eigenvalue weighted by Gasteiger charge is -2.26. The number of nitrogens with zero attached hydrogens (tertiary/aromatic N) is 4. The third-order valence-electron chi connectivity index (χ3n) is 5.24. The van der Waals surface area contributed by atoms with E-state index in [0.29, 0.717) is 24.3 Å². The first kappa shape index (κ1) is 22.6. The van der Waals surface area contributed by atoms with Crippen molar-refractivity contribution in [2.24, 2.45) is 0 Å². The van der Waals surface area contributed by atoms with Gasteiger partial charge in [0, 0.05) is 19.3 Å². The predicted molar refractivity (Wildman–Crippen MR) is 117 cm³/mol. The van der Waals surface area contributed by atoms with Crippen molar-refractivity contribution in [1.29, 1.82) is 0 Å². The Morgan fingerprint density at radius 3 is 2.65 bits per heavy atom. The Balaban J connectivity index is 1.71. The highest BCUT2D eigenvalue weighted by Gasteiger charge is 2.27. The van der Waals surface area contributed by atoms with Crippen LogP contribution in [0, 0.1) is 6.92 Å². The number of pyridine rings is 1. The van der Waals surface area contributed by atoms with Crippen LogP contribution in [0.1, 0.15) is 62.1 Å². The molecule has 1 saturated heterocycles. The number of amides is 1. The predicted octanol–water partition coefficient (Wildman–Crippen LogP) is 4.08. The number of methoxy groups -OCH3 is 1. The van der Waals surface area contributed by atoms with E-state index in [1.54, 1.807) is 29.6 Å². The summed E-state index contributed by atoms with van der Waals surface area (Å²) < 4.78 is 12.4. The molecule has 1 unspecified atom stereocenters. The number of hydrogen-bond donors (Lipinski definition) is 1. The topological polar surface area (TPSA) is 98.6 Å². The molecule has 1 aliphatic heterocycles. The summed E-state index contributed by atoms with van der Waals surface area (Å²) in [7, 11) is 1.35. The molecule has 0 spiro atoms. The molecule has 168 valence electrons. The van der Waals surface area contributed by atoms with Gasteiger partial charge in [-0.05, 0) is 53.0 Å². The van der Waals surface area contributed by atoms with Gasteiger partial charge in [-0.1, -0.05) is 0 Å². The van der Waals surface area contributed by atoms with Crippen molar-refractivity contribution in [2.45, 2.75) is 58.6 Å². The van der Waals surface area contributed by atoms with Gasteiger partial charge in [0.15, 0.2) is 0 Å². The Kier molecular flexibility index (Phi) is 6.82. The normalized spacial score (nSPS) is 17.1. The molecular formula is C22H31N5O4. The maximum absolute atomic E-state index is 12.4. The van der Waals surface area contributed by atoms with Crippen LogP contribution >= 0.6 is 0 Å².